The molecule has 2 nitrogen and oxygen atoms in total. The molecule has 0 spiro atoms. The van der Waals surface area contributed by atoms with E-state index in [0.717, 1.165) is 0 Å². The molecule has 0 fully saturated rings. The van der Waals surface area contributed by atoms with Gasteiger partial charge in [-0.25, -0.2) is 8.42 Å². The van der Waals surface area contributed by atoms with Gasteiger partial charge in [-0.2, -0.15) is 0 Å². The van der Waals surface area contributed by atoms with Crippen LogP contribution in [0.3, 0.4) is 0 Å². The Morgan fingerprint density at radius 3 is 2.27 bits per heavy atom. The molecular formula is C7H15ClO2S. The number of halogens is 1. The molecule has 0 saturated carbocycles. The van der Waals surface area contributed by atoms with Crippen LogP contribution in [-0.4, -0.2) is 25.8 Å². The van der Waals surface area contributed by atoms with Gasteiger partial charge in [-0.05, 0) is 12.3 Å². The van der Waals surface area contributed by atoms with Crippen LogP contribution in [0.4, 0.5) is 0 Å². The SMILES string of the molecule is CC(C)CS(=O)(=O)CCCCl. The molecule has 0 amide bonds. The van der Waals surface area contributed by atoms with Crippen molar-refractivity contribution in [2.24, 2.45) is 5.92 Å². The summed E-state index contributed by atoms with van der Waals surface area (Å²) in [6, 6.07) is 0. The minimum absolute atomic E-state index is 0.218. The maximum absolute atomic E-state index is 11.1. The van der Waals surface area contributed by atoms with Crippen LogP contribution in [0.5, 0.6) is 0 Å². The zero-order valence-electron chi connectivity index (χ0n) is 7.01. The van der Waals surface area contributed by atoms with Gasteiger partial charge in [0.15, 0.2) is 9.84 Å². The molecule has 0 rings (SSSR count). The van der Waals surface area contributed by atoms with Gasteiger partial charge in [0.2, 0.25) is 0 Å². The number of alkyl halides is 1. The van der Waals surface area contributed by atoms with Crippen molar-refractivity contribution in [3.05, 3.63) is 0 Å². The van der Waals surface area contributed by atoms with Crippen LogP contribution >= 0.6 is 11.6 Å². The van der Waals surface area contributed by atoms with E-state index in [0.29, 0.717) is 12.3 Å². The minimum atomic E-state index is -2.83. The van der Waals surface area contributed by atoms with E-state index in [1.807, 2.05) is 13.8 Å². The van der Waals surface area contributed by atoms with E-state index in [-0.39, 0.29) is 17.4 Å². The van der Waals surface area contributed by atoms with E-state index < -0.39 is 9.84 Å². The highest BCUT2D eigenvalue weighted by molar-refractivity contribution is 7.91. The lowest BCUT2D eigenvalue weighted by atomic mass is 10.3. The Labute approximate surface area is 73.9 Å². The first-order chi connectivity index (χ1) is 4.98. The van der Waals surface area contributed by atoms with E-state index in [2.05, 4.69) is 0 Å². The number of hydrogen-bond donors (Lipinski definition) is 0. The van der Waals surface area contributed by atoms with Gasteiger partial charge in [0.25, 0.3) is 0 Å². The van der Waals surface area contributed by atoms with Crippen LogP contribution < -0.4 is 0 Å². The van der Waals surface area contributed by atoms with Crippen LogP contribution in [0.15, 0.2) is 0 Å². The van der Waals surface area contributed by atoms with Crippen molar-refractivity contribution in [1.82, 2.24) is 0 Å². The Morgan fingerprint density at radius 2 is 1.91 bits per heavy atom. The molecule has 0 atom stereocenters. The summed E-state index contributed by atoms with van der Waals surface area (Å²) in [5, 5.41) is 0. The molecule has 4 heteroatoms. The standard InChI is InChI=1S/C7H15ClO2S/c1-7(2)6-11(9,10)5-3-4-8/h7H,3-6H2,1-2H3. The van der Waals surface area contributed by atoms with Crippen LogP contribution in [0, 0.1) is 5.92 Å². The molecule has 0 aromatic carbocycles. The molecule has 0 aromatic heterocycles. The van der Waals surface area contributed by atoms with Crippen molar-refractivity contribution in [3.63, 3.8) is 0 Å². The zero-order valence-corrected chi connectivity index (χ0v) is 8.58. The summed E-state index contributed by atoms with van der Waals surface area (Å²) >= 11 is 5.38. The van der Waals surface area contributed by atoms with Crippen molar-refractivity contribution < 1.29 is 8.42 Å². The van der Waals surface area contributed by atoms with Gasteiger partial charge in [0, 0.05) is 5.88 Å². The lowest BCUT2D eigenvalue weighted by molar-refractivity contribution is 0.581. The Balaban J connectivity index is 3.82. The minimum Gasteiger partial charge on any atom is -0.229 e. The van der Waals surface area contributed by atoms with Crippen LogP contribution in [0.2, 0.25) is 0 Å². The van der Waals surface area contributed by atoms with Crippen molar-refractivity contribution in [2.45, 2.75) is 20.3 Å². The molecule has 0 aromatic rings. The number of rotatable bonds is 5. The predicted molar refractivity (Wildman–Crippen MR) is 48.8 cm³/mol. The fourth-order valence-corrected chi connectivity index (χ4v) is 2.92. The van der Waals surface area contributed by atoms with Crippen LogP contribution in [0.25, 0.3) is 0 Å². The third-order valence-electron chi connectivity index (χ3n) is 1.18. The highest BCUT2D eigenvalue weighted by Crippen LogP contribution is 2.02. The van der Waals surface area contributed by atoms with Crippen molar-refractivity contribution in [1.29, 1.82) is 0 Å². The first-order valence-corrected chi connectivity index (χ1v) is 6.10. The van der Waals surface area contributed by atoms with Gasteiger partial charge in [0.1, 0.15) is 0 Å². The molecule has 0 N–H and O–H groups in total. The van der Waals surface area contributed by atoms with E-state index in [1.165, 1.54) is 0 Å². The normalized spacial score (nSPS) is 12.4. The Hall–Kier alpha value is 0.240. The Morgan fingerprint density at radius 1 is 1.36 bits per heavy atom. The molecule has 0 unspecified atom stereocenters. The summed E-state index contributed by atoms with van der Waals surface area (Å²) in [5.74, 6) is 1.16. The molecule has 0 aliphatic rings. The van der Waals surface area contributed by atoms with Crippen molar-refractivity contribution in [3.8, 4) is 0 Å². The highest BCUT2D eigenvalue weighted by Gasteiger charge is 2.11. The van der Waals surface area contributed by atoms with E-state index >= 15 is 0 Å². The topological polar surface area (TPSA) is 34.1 Å². The first kappa shape index (κ1) is 11.2. The number of hydrogen-bond acceptors (Lipinski definition) is 2. The van der Waals surface area contributed by atoms with E-state index in [1.54, 1.807) is 0 Å². The van der Waals surface area contributed by atoms with Crippen LogP contribution in [0.1, 0.15) is 20.3 Å². The zero-order chi connectivity index (χ0) is 8.91. The number of sulfone groups is 1. The lowest BCUT2D eigenvalue weighted by Crippen LogP contribution is -2.15. The Kier molecular flexibility index (Phi) is 5.10. The van der Waals surface area contributed by atoms with E-state index in [9.17, 15) is 8.42 Å². The average Bonchev–Trinajstić information content (AvgIpc) is 1.81. The molecule has 68 valence electrons. The summed E-state index contributed by atoms with van der Waals surface area (Å²) in [6.45, 7) is 3.80. The molecule has 11 heavy (non-hydrogen) atoms. The second kappa shape index (κ2) is 4.99. The summed E-state index contributed by atoms with van der Waals surface area (Å²) in [6.07, 6.45) is 0.566. The molecule has 0 aliphatic heterocycles. The Bertz CT molecular complexity index is 185. The highest BCUT2D eigenvalue weighted by atomic mass is 35.5. The van der Waals surface area contributed by atoms with Gasteiger partial charge < -0.3 is 0 Å². The van der Waals surface area contributed by atoms with Gasteiger partial charge in [-0.1, -0.05) is 13.8 Å². The van der Waals surface area contributed by atoms with Gasteiger partial charge >= 0.3 is 0 Å². The maximum atomic E-state index is 11.1. The molecule has 0 aliphatic carbocycles. The maximum Gasteiger partial charge on any atom is 0.150 e. The molecule has 0 heterocycles. The molecule has 0 bridgehead atoms. The van der Waals surface area contributed by atoms with Gasteiger partial charge in [0.05, 0.1) is 11.5 Å². The third kappa shape index (κ3) is 6.63. The lowest BCUT2D eigenvalue weighted by Gasteiger charge is -2.04. The summed E-state index contributed by atoms with van der Waals surface area (Å²) in [7, 11) is -2.83. The van der Waals surface area contributed by atoms with Crippen molar-refractivity contribution >= 4 is 21.4 Å². The predicted octanol–water partition coefficient (Wildman–Crippen LogP) is 1.69. The molecular weight excluding hydrogens is 184 g/mol. The largest absolute Gasteiger partial charge is 0.229 e. The van der Waals surface area contributed by atoms with Crippen LogP contribution in [-0.2, 0) is 9.84 Å². The summed E-state index contributed by atoms with van der Waals surface area (Å²) < 4.78 is 22.3. The summed E-state index contributed by atoms with van der Waals surface area (Å²) in [4.78, 5) is 0. The fraction of sp³-hybridized carbons (Fsp3) is 1.00. The monoisotopic (exact) mass is 198 g/mol. The van der Waals surface area contributed by atoms with Crippen molar-refractivity contribution in [2.75, 3.05) is 17.4 Å². The summed E-state index contributed by atoms with van der Waals surface area (Å²) in [5.41, 5.74) is 0. The molecule has 0 saturated heterocycles. The quantitative estimate of drug-likeness (QED) is 0.630. The third-order valence-corrected chi connectivity index (χ3v) is 3.53. The first-order valence-electron chi connectivity index (χ1n) is 3.74. The smallest absolute Gasteiger partial charge is 0.150 e. The average molecular weight is 199 g/mol. The second-order valence-corrected chi connectivity index (χ2v) is 5.66. The van der Waals surface area contributed by atoms with Gasteiger partial charge in [-0.15, -0.1) is 11.6 Å². The fourth-order valence-electron chi connectivity index (χ4n) is 0.866. The van der Waals surface area contributed by atoms with E-state index in [4.69, 9.17) is 11.6 Å². The second-order valence-electron chi connectivity index (χ2n) is 3.05. The molecule has 0 radical (unpaired) electrons. The van der Waals surface area contributed by atoms with Gasteiger partial charge in [-0.3, -0.25) is 0 Å².